The van der Waals surface area contributed by atoms with Gasteiger partial charge in [-0.25, -0.2) is 13.1 Å². The number of carbonyl (C=O) groups excluding carboxylic acids is 1. The molecule has 0 saturated carbocycles. The number of hydrogen-bond donors (Lipinski definition) is 1. The van der Waals surface area contributed by atoms with Gasteiger partial charge in [-0.2, -0.15) is 0 Å². The van der Waals surface area contributed by atoms with E-state index in [2.05, 4.69) is 4.72 Å². The number of amides is 1. The van der Waals surface area contributed by atoms with Gasteiger partial charge >= 0.3 is 0 Å². The molecule has 0 heterocycles. The summed E-state index contributed by atoms with van der Waals surface area (Å²) < 4.78 is 30.6. The Balaban J connectivity index is 2.22. The molecule has 1 N–H and O–H groups in total. The SMILES string of the molecule is CC(=O)N(CCNS(C)(=O)=O)c1ccccc1Oc1ccccc1. The molecule has 128 valence electrons. The van der Waals surface area contributed by atoms with Crippen LogP contribution in [0.5, 0.6) is 11.5 Å². The summed E-state index contributed by atoms with van der Waals surface area (Å²) in [7, 11) is -3.31. The molecule has 0 aliphatic rings. The Labute approximate surface area is 142 Å². The van der Waals surface area contributed by atoms with Gasteiger partial charge in [-0.05, 0) is 24.3 Å². The van der Waals surface area contributed by atoms with Gasteiger partial charge in [0.25, 0.3) is 0 Å². The Morgan fingerprint density at radius 1 is 1.08 bits per heavy atom. The Hall–Kier alpha value is -2.38. The number of hydrogen-bond acceptors (Lipinski definition) is 4. The maximum atomic E-state index is 12.0. The highest BCUT2D eigenvalue weighted by atomic mass is 32.2. The van der Waals surface area contributed by atoms with Crippen LogP contribution in [0.25, 0.3) is 0 Å². The van der Waals surface area contributed by atoms with Gasteiger partial charge in [-0.1, -0.05) is 30.3 Å². The average molecular weight is 348 g/mol. The minimum Gasteiger partial charge on any atom is -0.455 e. The van der Waals surface area contributed by atoms with Crippen LogP contribution in [0.3, 0.4) is 0 Å². The fourth-order valence-electron chi connectivity index (χ4n) is 2.17. The molecule has 0 aromatic heterocycles. The third-order valence-corrected chi connectivity index (χ3v) is 3.94. The summed E-state index contributed by atoms with van der Waals surface area (Å²) in [5, 5.41) is 0. The van der Waals surface area contributed by atoms with E-state index in [-0.39, 0.29) is 19.0 Å². The van der Waals surface area contributed by atoms with E-state index in [1.54, 1.807) is 18.2 Å². The second-order valence-corrected chi connectivity index (χ2v) is 7.05. The minimum atomic E-state index is -3.31. The highest BCUT2D eigenvalue weighted by molar-refractivity contribution is 7.88. The summed E-state index contributed by atoms with van der Waals surface area (Å²) in [5.41, 5.74) is 0.587. The van der Waals surface area contributed by atoms with Gasteiger partial charge in [-0.15, -0.1) is 0 Å². The molecular weight excluding hydrogens is 328 g/mol. The maximum Gasteiger partial charge on any atom is 0.224 e. The fourth-order valence-corrected chi connectivity index (χ4v) is 2.63. The molecule has 7 heteroatoms. The number of benzene rings is 2. The van der Waals surface area contributed by atoms with Crippen molar-refractivity contribution in [1.82, 2.24) is 4.72 Å². The van der Waals surface area contributed by atoms with Crippen LogP contribution in [0.4, 0.5) is 5.69 Å². The zero-order valence-corrected chi connectivity index (χ0v) is 14.4. The van der Waals surface area contributed by atoms with E-state index in [1.165, 1.54) is 11.8 Å². The number of anilines is 1. The highest BCUT2D eigenvalue weighted by Crippen LogP contribution is 2.32. The van der Waals surface area contributed by atoms with Crippen molar-refractivity contribution in [3.05, 3.63) is 54.6 Å². The van der Waals surface area contributed by atoms with Crippen molar-refractivity contribution in [2.75, 3.05) is 24.2 Å². The van der Waals surface area contributed by atoms with Gasteiger partial charge in [0.1, 0.15) is 5.75 Å². The van der Waals surface area contributed by atoms with Crippen LogP contribution in [0.2, 0.25) is 0 Å². The van der Waals surface area contributed by atoms with E-state index < -0.39 is 10.0 Å². The smallest absolute Gasteiger partial charge is 0.224 e. The first-order chi connectivity index (χ1) is 11.4. The third-order valence-electron chi connectivity index (χ3n) is 3.21. The number of nitrogens with one attached hydrogen (secondary N) is 1. The first kappa shape index (κ1) is 18.0. The van der Waals surface area contributed by atoms with Gasteiger partial charge in [0, 0.05) is 20.0 Å². The lowest BCUT2D eigenvalue weighted by Crippen LogP contribution is -2.37. The average Bonchev–Trinajstić information content (AvgIpc) is 2.52. The zero-order chi connectivity index (χ0) is 17.6. The summed E-state index contributed by atoms with van der Waals surface area (Å²) in [6.07, 6.45) is 1.08. The second kappa shape index (κ2) is 7.94. The molecule has 0 atom stereocenters. The molecule has 0 bridgehead atoms. The van der Waals surface area contributed by atoms with Crippen LogP contribution >= 0.6 is 0 Å². The molecule has 2 aromatic carbocycles. The Morgan fingerprint density at radius 2 is 1.71 bits per heavy atom. The molecule has 0 aliphatic carbocycles. The van der Waals surface area contributed by atoms with Gasteiger partial charge in [0.2, 0.25) is 15.9 Å². The monoisotopic (exact) mass is 348 g/mol. The van der Waals surface area contributed by atoms with Crippen molar-refractivity contribution >= 4 is 21.6 Å². The maximum absolute atomic E-state index is 12.0. The molecule has 0 radical (unpaired) electrons. The molecule has 0 fully saturated rings. The van der Waals surface area contributed by atoms with E-state index in [1.807, 2.05) is 36.4 Å². The second-order valence-electron chi connectivity index (χ2n) is 5.22. The molecule has 2 aromatic rings. The molecule has 2 rings (SSSR count). The molecule has 0 spiro atoms. The first-order valence-electron chi connectivity index (χ1n) is 7.41. The summed E-state index contributed by atoms with van der Waals surface area (Å²) in [6, 6.07) is 16.4. The van der Waals surface area contributed by atoms with Crippen molar-refractivity contribution < 1.29 is 17.9 Å². The predicted molar refractivity (Wildman–Crippen MR) is 93.8 cm³/mol. The number of rotatable bonds is 7. The Bertz CT molecular complexity index is 791. The van der Waals surface area contributed by atoms with E-state index in [0.717, 1.165) is 6.26 Å². The molecule has 0 unspecified atom stereocenters. The van der Waals surface area contributed by atoms with Crippen molar-refractivity contribution in [3.8, 4) is 11.5 Å². The molecular formula is C17H20N2O4S. The fraction of sp³-hybridized carbons (Fsp3) is 0.235. The summed E-state index contributed by atoms with van der Waals surface area (Å²) in [6.45, 7) is 1.76. The van der Waals surface area contributed by atoms with Crippen molar-refractivity contribution in [2.24, 2.45) is 0 Å². The quantitative estimate of drug-likeness (QED) is 0.833. The number of nitrogens with zero attached hydrogens (tertiary/aromatic N) is 1. The summed E-state index contributed by atoms with van der Waals surface area (Å²) in [4.78, 5) is 13.5. The lowest BCUT2D eigenvalue weighted by Gasteiger charge is -2.23. The van der Waals surface area contributed by atoms with Crippen molar-refractivity contribution in [2.45, 2.75) is 6.92 Å². The topological polar surface area (TPSA) is 75.7 Å². The largest absolute Gasteiger partial charge is 0.455 e. The van der Waals surface area contributed by atoms with Gasteiger partial charge in [0.15, 0.2) is 5.75 Å². The summed E-state index contributed by atoms with van der Waals surface area (Å²) >= 11 is 0. The van der Waals surface area contributed by atoms with Gasteiger partial charge < -0.3 is 9.64 Å². The number of carbonyl (C=O) groups is 1. The third kappa shape index (κ3) is 5.36. The Morgan fingerprint density at radius 3 is 2.33 bits per heavy atom. The van der Waals surface area contributed by atoms with Crippen molar-refractivity contribution in [1.29, 1.82) is 0 Å². The van der Waals surface area contributed by atoms with E-state index >= 15 is 0 Å². The normalized spacial score (nSPS) is 11.1. The predicted octanol–water partition coefficient (Wildman–Crippen LogP) is 2.38. The van der Waals surface area contributed by atoms with E-state index in [9.17, 15) is 13.2 Å². The van der Waals surface area contributed by atoms with Crippen LogP contribution in [0.1, 0.15) is 6.92 Å². The molecule has 0 aliphatic heterocycles. The summed E-state index contributed by atoms with van der Waals surface area (Å²) in [5.74, 6) is 0.982. The molecule has 24 heavy (non-hydrogen) atoms. The van der Waals surface area contributed by atoms with Crippen LogP contribution < -0.4 is 14.4 Å². The molecule has 1 amide bonds. The highest BCUT2D eigenvalue weighted by Gasteiger charge is 2.17. The van der Waals surface area contributed by atoms with E-state index in [0.29, 0.717) is 17.2 Å². The number of sulfonamides is 1. The lowest BCUT2D eigenvalue weighted by atomic mass is 10.2. The van der Waals surface area contributed by atoms with Crippen LogP contribution in [0, 0.1) is 0 Å². The molecule has 0 saturated heterocycles. The van der Waals surface area contributed by atoms with Crippen LogP contribution in [-0.4, -0.2) is 33.7 Å². The zero-order valence-electron chi connectivity index (χ0n) is 13.6. The van der Waals surface area contributed by atoms with Gasteiger partial charge in [-0.3, -0.25) is 4.79 Å². The van der Waals surface area contributed by atoms with Crippen molar-refractivity contribution in [3.63, 3.8) is 0 Å². The minimum absolute atomic E-state index is 0.123. The number of ether oxygens (including phenoxy) is 1. The molecule has 6 nitrogen and oxygen atoms in total. The standard InChI is InChI=1S/C17H20N2O4S/c1-14(20)19(13-12-18-24(2,21)22)16-10-6-7-11-17(16)23-15-8-4-3-5-9-15/h3-11,18H,12-13H2,1-2H3. The Kier molecular flexibility index (Phi) is 5.94. The first-order valence-corrected chi connectivity index (χ1v) is 9.30. The van der Waals surface area contributed by atoms with Gasteiger partial charge in [0.05, 0.1) is 11.9 Å². The lowest BCUT2D eigenvalue weighted by molar-refractivity contribution is -0.116. The number of para-hydroxylation sites is 3. The van der Waals surface area contributed by atoms with Crippen LogP contribution in [-0.2, 0) is 14.8 Å². The van der Waals surface area contributed by atoms with E-state index in [4.69, 9.17) is 4.74 Å². The van der Waals surface area contributed by atoms with Crippen LogP contribution in [0.15, 0.2) is 54.6 Å².